The summed E-state index contributed by atoms with van der Waals surface area (Å²) in [5.41, 5.74) is 7.96. The van der Waals surface area contributed by atoms with Crippen molar-refractivity contribution >= 4 is 29.1 Å². The summed E-state index contributed by atoms with van der Waals surface area (Å²) in [5, 5.41) is 19.5. The van der Waals surface area contributed by atoms with Crippen molar-refractivity contribution in [3.05, 3.63) is 85.7 Å². The number of aromatic nitrogens is 2. The van der Waals surface area contributed by atoms with Crippen molar-refractivity contribution < 1.29 is 19.3 Å². The van der Waals surface area contributed by atoms with Gasteiger partial charge in [-0.1, -0.05) is 28.9 Å². The van der Waals surface area contributed by atoms with E-state index in [2.05, 4.69) is 10.3 Å². The molecule has 0 aliphatic carbocycles. The van der Waals surface area contributed by atoms with E-state index in [1.54, 1.807) is 56.3 Å². The van der Waals surface area contributed by atoms with Crippen LogP contribution in [-0.2, 0) is 11.4 Å². The van der Waals surface area contributed by atoms with Gasteiger partial charge < -0.3 is 15.3 Å². The number of oxime groups is 1. The van der Waals surface area contributed by atoms with E-state index in [1.807, 2.05) is 0 Å². The van der Waals surface area contributed by atoms with Gasteiger partial charge in [0.05, 0.1) is 29.7 Å². The number of methoxy groups -OCH3 is 1. The zero-order chi connectivity index (χ0) is 23.4. The second-order valence-electron chi connectivity index (χ2n) is 6.83. The number of nitrogens with zero attached hydrogens (tertiary/aromatic N) is 4. The van der Waals surface area contributed by atoms with E-state index in [9.17, 15) is 14.9 Å². The van der Waals surface area contributed by atoms with Crippen molar-refractivity contribution in [1.82, 2.24) is 9.78 Å². The van der Waals surface area contributed by atoms with E-state index >= 15 is 0 Å². The predicted molar refractivity (Wildman–Crippen MR) is 118 cm³/mol. The maximum absolute atomic E-state index is 12.5. The maximum atomic E-state index is 12.5. The highest BCUT2D eigenvalue weighted by molar-refractivity contribution is 6.31. The summed E-state index contributed by atoms with van der Waals surface area (Å²) < 4.78 is 6.72. The number of benzene rings is 2. The average Bonchev–Trinajstić information content (AvgIpc) is 3.04. The number of amidine groups is 1. The highest BCUT2D eigenvalue weighted by Gasteiger charge is 2.22. The number of carbonyl (C=O) groups is 1. The molecule has 166 valence electrons. The largest absolute Gasteiger partial charge is 0.496 e. The first-order valence-electron chi connectivity index (χ1n) is 9.37. The lowest BCUT2D eigenvalue weighted by molar-refractivity contribution is -0.386. The van der Waals surface area contributed by atoms with Gasteiger partial charge in [-0.2, -0.15) is 5.10 Å². The van der Waals surface area contributed by atoms with Gasteiger partial charge in [0, 0.05) is 5.02 Å². The molecule has 0 spiro atoms. The Morgan fingerprint density at radius 3 is 2.69 bits per heavy atom. The van der Waals surface area contributed by atoms with Crippen molar-refractivity contribution in [1.29, 1.82) is 0 Å². The maximum Gasteiger partial charge on any atom is 0.365 e. The van der Waals surface area contributed by atoms with E-state index in [0.29, 0.717) is 33.3 Å². The molecule has 0 unspecified atom stereocenters. The summed E-state index contributed by atoms with van der Waals surface area (Å²) in [4.78, 5) is 28.2. The first-order chi connectivity index (χ1) is 15.2. The lowest BCUT2D eigenvalue weighted by atomic mass is 10.1. The van der Waals surface area contributed by atoms with E-state index < -0.39 is 10.9 Å². The van der Waals surface area contributed by atoms with Crippen LogP contribution < -0.4 is 10.5 Å². The highest BCUT2D eigenvalue weighted by Crippen LogP contribution is 2.24. The molecule has 0 saturated heterocycles. The van der Waals surface area contributed by atoms with Crippen molar-refractivity contribution in [2.24, 2.45) is 10.9 Å². The van der Waals surface area contributed by atoms with Crippen LogP contribution in [0.3, 0.4) is 0 Å². The fourth-order valence-corrected chi connectivity index (χ4v) is 3.32. The van der Waals surface area contributed by atoms with Gasteiger partial charge in [-0.3, -0.25) is 14.8 Å². The number of halogens is 1. The lowest BCUT2D eigenvalue weighted by Gasteiger charge is -2.08. The monoisotopic (exact) mass is 457 g/mol. The van der Waals surface area contributed by atoms with Crippen LogP contribution >= 0.6 is 11.6 Å². The Hall–Kier alpha value is -3.92. The molecule has 3 rings (SSSR count). The first kappa shape index (κ1) is 22.8. The fraction of sp³-hybridized carbons (Fsp3) is 0.190. The summed E-state index contributed by atoms with van der Waals surface area (Å²) in [6, 6.07) is 11.4. The normalized spacial score (nSPS) is 11.3. The second-order valence-corrected chi connectivity index (χ2v) is 7.27. The van der Waals surface area contributed by atoms with Crippen molar-refractivity contribution in [3.63, 3.8) is 0 Å². The number of hydrogen-bond donors (Lipinski definition) is 1. The molecule has 0 aliphatic heterocycles. The molecule has 0 radical (unpaired) electrons. The number of rotatable bonds is 7. The minimum Gasteiger partial charge on any atom is -0.496 e. The summed E-state index contributed by atoms with van der Waals surface area (Å²) in [7, 11) is 1.47. The van der Waals surface area contributed by atoms with Gasteiger partial charge in [0.15, 0.2) is 5.84 Å². The molecular weight excluding hydrogens is 438 g/mol. The number of nitro groups is 1. The Morgan fingerprint density at radius 1 is 1.28 bits per heavy atom. The summed E-state index contributed by atoms with van der Waals surface area (Å²) in [6.07, 6.45) is 0. The van der Waals surface area contributed by atoms with Gasteiger partial charge in [0.1, 0.15) is 17.1 Å². The fourth-order valence-electron chi connectivity index (χ4n) is 3.15. The highest BCUT2D eigenvalue weighted by atomic mass is 35.5. The average molecular weight is 458 g/mol. The van der Waals surface area contributed by atoms with Crippen LogP contribution in [-0.4, -0.2) is 33.6 Å². The van der Waals surface area contributed by atoms with Crippen molar-refractivity contribution in [2.45, 2.75) is 20.4 Å². The van der Waals surface area contributed by atoms with E-state index in [0.717, 1.165) is 0 Å². The van der Waals surface area contributed by atoms with Crippen LogP contribution in [0.1, 0.15) is 32.9 Å². The number of aryl methyl sites for hydroxylation is 1. The molecule has 0 aliphatic rings. The van der Waals surface area contributed by atoms with Crippen molar-refractivity contribution in [3.8, 4) is 5.75 Å². The molecule has 0 bridgehead atoms. The zero-order valence-corrected chi connectivity index (χ0v) is 18.3. The van der Waals surface area contributed by atoms with Crippen LogP contribution in [0.25, 0.3) is 0 Å². The predicted octanol–water partition coefficient (Wildman–Crippen LogP) is 3.60. The molecule has 0 amide bonds. The molecule has 0 saturated carbocycles. The van der Waals surface area contributed by atoms with Gasteiger partial charge in [-0.05, 0) is 49.7 Å². The zero-order valence-electron chi connectivity index (χ0n) is 17.5. The third-order valence-corrected chi connectivity index (χ3v) is 4.92. The van der Waals surface area contributed by atoms with Crippen LogP contribution in [0.4, 0.5) is 5.69 Å². The quantitative estimate of drug-likeness (QED) is 0.188. The van der Waals surface area contributed by atoms with Crippen LogP contribution in [0.2, 0.25) is 5.02 Å². The summed E-state index contributed by atoms with van der Waals surface area (Å²) in [6.45, 7) is 3.44. The Balaban J connectivity index is 1.78. The number of carbonyl (C=O) groups excluding carboxylic acids is 1. The molecule has 1 aromatic heterocycles. The molecule has 32 heavy (non-hydrogen) atoms. The number of hydrogen-bond acceptors (Lipinski definition) is 7. The first-order valence-corrected chi connectivity index (χ1v) is 9.75. The molecule has 10 nitrogen and oxygen atoms in total. The minimum atomic E-state index is -0.727. The van der Waals surface area contributed by atoms with Gasteiger partial charge in [0.25, 0.3) is 0 Å². The number of nitrogens with two attached hydrogens (primary N) is 1. The number of ether oxygens (including phenoxy) is 1. The van der Waals surface area contributed by atoms with E-state index in [4.69, 9.17) is 26.9 Å². The van der Waals surface area contributed by atoms with E-state index in [1.165, 1.54) is 11.8 Å². The summed E-state index contributed by atoms with van der Waals surface area (Å²) in [5.74, 6) is -0.383. The van der Waals surface area contributed by atoms with Gasteiger partial charge >= 0.3 is 11.7 Å². The van der Waals surface area contributed by atoms with Crippen LogP contribution in [0.15, 0.2) is 47.6 Å². The van der Waals surface area contributed by atoms with Gasteiger partial charge in [-0.25, -0.2) is 4.79 Å². The Kier molecular flexibility index (Phi) is 6.74. The smallest absolute Gasteiger partial charge is 0.365 e. The minimum absolute atomic E-state index is 0.0261. The molecular formula is C21H20ClN5O5. The lowest BCUT2D eigenvalue weighted by Crippen LogP contribution is -2.16. The van der Waals surface area contributed by atoms with Crippen molar-refractivity contribution in [2.75, 3.05) is 7.11 Å². The van der Waals surface area contributed by atoms with E-state index in [-0.39, 0.29) is 23.6 Å². The van der Waals surface area contributed by atoms with Gasteiger partial charge in [-0.15, -0.1) is 0 Å². The Morgan fingerprint density at radius 2 is 2.03 bits per heavy atom. The standard InChI is InChI=1S/C21H20ClN5O5/c1-12-19(27(29)30)13(2)26(24-12)11-14-5-4-6-15(9-14)21(28)32-25-20(23)17-10-16(22)7-8-18(17)31-3/h4-10H,11H2,1-3H3,(H2,23,25). The summed E-state index contributed by atoms with van der Waals surface area (Å²) >= 11 is 5.98. The molecule has 0 atom stereocenters. The molecule has 11 heteroatoms. The molecule has 0 fully saturated rings. The third-order valence-electron chi connectivity index (χ3n) is 4.69. The Labute approximate surface area is 188 Å². The van der Waals surface area contributed by atoms with Crippen LogP contribution in [0.5, 0.6) is 5.75 Å². The molecule has 3 aromatic rings. The van der Waals surface area contributed by atoms with Gasteiger partial charge in [0.2, 0.25) is 0 Å². The molecule has 1 heterocycles. The van der Waals surface area contributed by atoms with Crippen LogP contribution in [0, 0.1) is 24.0 Å². The third kappa shape index (κ3) is 4.86. The SMILES string of the molecule is COc1ccc(Cl)cc1/C(N)=N/OC(=O)c1cccc(Cn2nc(C)c([N+](=O)[O-])c2C)c1. The Bertz CT molecular complexity index is 1220. The topological polar surface area (TPSA) is 135 Å². The second kappa shape index (κ2) is 9.48. The molecule has 2 aromatic carbocycles. The molecule has 2 N–H and O–H groups in total.